The van der Waals surface area contributed by atoms with Crippen LogP contribution in [0.5, 0.6) is 0 Å². The Morgan fingerprint density at radius 3 is 2.32 bits per heavy atom. The van der Waals surface area contributed by atoms with Gasteiger partial charge >= 0.3 is 0 Å². The molecular weight excluding hydrogens is 298 g/mol. The highest BCUT2D eigenvalue weighted by Crippen LogP contribution is 2.25. The van der Waals surface area contributed by atoms with Gasteiger partial charge in [0.1, 0.15) is 0 Å². The molecule has 2 N–H and O–H groups in total. The molecule has 0 aliphatic carbocycles. The SMILES string of the molecule is O=S(=O)(Nc1ccccc1)c1cc(CO)c2ccccc2c1. The van der Waals surface area contributed by atoms with Crippen molar-refractivity contribution in [2.24, 2.45) is 0 Å². The standard InChI is InChI=1S/C17H15NO3S/c19-12-14-11-16(10-13-6-4-5-9-17(13)14)22(20,21)18-15-7-2-1-3-8-15/h1-11,18-19H,12H2. The molecule has 0 atom stereocenters. The molecule has 0 aromatic heterocycles. The van der Waals surface area contributed by atoms with Gasteiger partial charge in [-0.15, -0.1) is 0 Å². The van der Waals surface area contributed by atoms with Gasteiger partial charge in [0.05, 0.1) is 11.5 Å². The van der Waals surface area contributed by atoms with Gasteiger partial charge in [-0.1, -0.05) is 42.5 Å². The van der Waals surface area contributed by atoms with Crippen molar-refractivity contribution in [1.82, 2.24) is 0 Å². The minimum absolute atomic E-state index is 0.138. The summed E-state index contributed by atoms with van der Waals surface area (Å²) >= 11 is 0. The van der Waals surface area contributed by atoms with Gasteiger partial charge in [-0.25, -0.2) is 8.42 Å². The van der Waals surface area contributed by atoms with Crippen molar-refractivity contribution in [3.8, 4) is 0 Å². The number of aliphatic hydroxyl groups is 1. The van der Waals surface area contributed by atoms with Crippen molar-refractivity contribution in [2.75, 3.05) is 4.72 Å². The van der Waals surface area contributed by atoms with Gasteiger partial charge in [0.25, 0.3) is 10.0 Å². The topological polar surface area (TPSA) is 66.4 Å². The number of anilines is 1. The molecule has 3 rings (SSSR count). The molecule has 0 unspecified atom stereocenters. The summed E-state index contributed by atoms with van der Waals surface area (Å²) in [6, 6.07) is 19.2. The van der Waals surface area contributed by atoms with Gasteiger partial charge in [-0.3, -0.25) is 4.72 Å². The van der Waals surface area contributed by atoms with Gasteiger partial charge in [-0.05, 0) is 40.6 Å². The molecule has 0 aliphatic heterocycles. The number of nitrogens with one attached hydrogen (secondary N) is 1. The van der Waals surface area contributed by atoms with E-state index in [-0.39, 0.29) is 11.5 Å². The number of benzene rings is 3. The maximum absolute atomic E-state index is 12.5. The van der Waals surface area contributed by atoms with Crippen LogP contribution in [-0.4, -0.2) is 13.5 Å². The molecule has 0 spiro atoms. The minimum atomic E-state index is -3.70. The third-order valence-corrected chi connectivity index (χ3v) is 4.79. The number of rotatable bonds is 4. The van der Waals surface area contributed by atoms with Crippen LogP contribution in [0, 0.1) is 0 Å². The maximum Gasteiger partial charge on any atom is 0.261 e. The zero-order valence-corrected chi connectivity index (χ0v) is 12.5. The third-order valence-electron chi connectivity index (χ3n) is 3.43. The van der Waals surface area contributed by atoms with Crippen molar-refractivity contribution < 1.29 is 13.5 Å². The van der Waals surface area contributed by atoms with Crippen molar-refractivity contribution in [1.29, 1.82) is 0 Å². The third kappa shape index (κ3) is 2.81. The van der Waals surface area contributed by atoms with E-state index in [1.807, 2.05) is 30.3 Å². The zero-order valence-electron chi connectivity index (χ0n) is 11.7. The first-order chi connectivity index (χ1) is 10.6. The van der Waals surface area contributed by atoms with Crippen LogP contribution in [-0.2, 0) is 16.6 Å². The predicted molar refractivity (Wildman–Crippen MR) is 87.1 cm³/mol. The first kappa shape index (κ1) is 14.6. The van der Waals surface area contributed by atoms with Crippen molar-refractivity contribution >= 4 is 26.5 Å². The van der Waals surface area contributed by atoms with E-state index in [1.54, 1.807) is 30.3 Å². The summed E-state index contributed by atoms with van der Waals surface area (Å²) in [5, 5.41) is 11.1. The lowest BCUT2D eigenvalue weighted by Crippen LogP contribution is -2.13. The Morgan fingerprint density at radius 1 is 0.909 bits per heavy atom. The van der Waals surface area contributed by atoms with Crippen molar-refractivity contribution in [3.63, 3.8) is 0 Å². The molecule has 0 bridgehead atoms. The molecular formula is C17H15NO3S. The predicted octanol–water partition coefficient (Wildman–Crippen LogP) is 3.13. The minimum Gasteiger partial charge on any atom is -0.392 e. The first-order valence-corrected chi connectivity index (χ1v) is 8.29. The Morgan fingerprint density at radius 2 is 1.59 bits per heavy atom. The van der Waals surface area contributed by atoms with Gasteiger partial charge in [-0.2, -0.15) is 0 Å². The smallest absolute Gasteiger partial charge is 0.261 e. The molecule has 3 aromatic rings. The highest BCUT2D eigenvalue weighted by atomic mass is 32.2. The maximum atomic E-state index is 12.5. The normalized spacial score (nSPS) is 11.5. The van der Waals surface area contributed by atoms with Gasteiger partial charge < -0.3 is 5.11 Å². The first-order valence-electron chi connectivity index (χ1n) is 6.80. The summed E-state index contributed by atoms with van der Waals surface area (Å²) in [7, 11) is -3.70. The van der Waals surface area contributed by atoms with E-state index >= 15 is 0 Å². The summed E-state index contributed by atoms with van der Waals surface area (Å²) in [4.78, 5) is 0.138. The molecule has 3 aromatic carbocycles. The van der Waals surface area contributed by atoms with E-state index in [4.69, 9.17) is 0 Å². The lowest BCUT2D eigenvalue weighted by molar-refractivity contribution is 0.283. The molecule has 0 radical (unpaired) electrons. The Balaban J connectivity index is 2.09. The summed E-state index contributed by atoms with van der Waals surface area (Å²) in [6.45, 7) is -0.213. The molecule has 0 saturated carbocycles. The molecule has 4 nitrogen and oxygen atoms in total. The fraction of sp³-hybridized carbons (Fsp3) is 0.0588. The van der Waals surface area contributed by atoms with E-state index in [2.05, 4.69) is 4.72 Å². The fourth-order valence-electron chi connectivity index (χ4n) is 2.37. The number of aliphatic hydroxyl groups excluding tert-OH is 1. The van der Waals surface area contributed by atoms with Crippen LogP contribution in [0.3, 0.4) is 0 Å². The van der Waals surface area contributed by atoms with Crippen LogP contribution in [0.1, 0.15) is 5.56 Å². The second-order valence-corrected chi connectivity index (χ2v) is 6.62. The largest absolute Gasteiger partial charge is 0.392 e. The van der Waals surface area contributed by atoms with Crippen LogP contribution in [0.25, 0.3) is 10.8 Å². The Bertz CT molecular complexity index is 906. The lowest BCUT2D eigenvalue weighted by atomic mass is 10.1. The van der Waals surface area contributed by atoms with E-state index < -0.39 is 10.0 Å². The van der Waals surface area contributed by atoms with Crippen LogP contribution >= 0.6 is 0 Å². The quantitative estimate of drug-likeness (QED) is 0.777. The molecule has 5 heteroatoms. The van der Waals surface area contributed by atoms with Crippen LogP contribution in [0.15, 0.2) is 71.6 Å². The number of sulfonamides is 1. The van der Waals surface area contributed by atoms with E-state index in [0.29, 0.717) is 11.3 Å². The van der Waals surface area contributed by atoms with Crippen LogP contribution in [0.4, 0.5) is 5.69 Å². The summed E-state index contributed by atoms with van der Waals surface area (Å²) < 4.78 is 27.6. The highest BCUT2D eigenvalue weighted by Gasteiger charge is 2.16. The Kier molecular flexibility index (Phi) is 3.83. The molecule has 0 saturated heterocycles. The monoisotopic (exact) mass is 313 g/mol. The molecule has 0 heterocycles. The van der Waals surface area contributed by atoms with Crippen molar-refractivity contribution in [3.05, 3.63) is 72.3 Å². The second kappa shape index (κ2) is 5.79. The van der Waals surface area contributed by atoms with Gasteiger partial charge in [0.15, 0.2) is 0 Å². The Hall–Kier alpha value is -2.37. The molecule has 112 valence electrons. The second-order valence-electron chi connectivity index (χ2n) is 4.93. The molecule has 22 heavy (non-hydrogen) atoms. The van der Waals surface area contributed by atoms with E-state index in [0.717, 1.165) is 10.8 Å². The molecule has 0 fully saturated rings. The fourth-order valence-corrected chi connectivity index (χ4v) is 3.51. The Labute approximate surface area is 129 Å². The summed E-state index contributed by atoms with van der Waals surface area (Å²) in [5.74, 6) is 0. The van der Waals surface area contributed by atoms with Crippen LogP contribution < -0.4 is 4.72 Å². The number of fused-ring (bicyclic) bond motifs is 1. The number of hydrogen-bond donors (Lipinski definition) is 2. The zero-order chi connectivity index (χ0) is 15.6. The van der Waals surface area contributed by atoms with E-state index in [9.17, 15) is 13.5 Å². The van der Waals surface area contributed by atoms with Gasteiger partial charge in [0, 0.05) is 5.69 Å². The average Bonchev–Trinajstić information content (AvgIpc) is 2.54. The molecule has 0 aliphatic rings. The number of para-hydroxylation sites is 1. The lowest BCUT2D eigenvalue weighted by Gasteiger charge is -2.11. The molecule has 0 amide bonds. The average molecular weight is 313 g/mol. The highest BCUT2D eigenvalue weighted by molar-refractivity contribution is 7.92. The van der Waals surface area contributed by atoms with Crippen LogP contribution in [0.2, 0.25) is 0 Å². The van der Waals surface area contributed by atoms with Crippen molar-refractivity contribution in [2.45, 2.75) is 11.5 Å². The summed E-state index contributed by atoms with van der Waals surface area (Å²) in [5.41, 5.74) is 1.09. The number of hydrogen-bond acceptors (Lipinski definition) is 3. The van der Waals surface area contributed by atoms with Gasteiger partial charge in [0.2, 0.25) is 0 Å². The summed E-state index contributed by atoms with van der Waals surface area (Å²) in [6.07, 6.45) is 0. The van der Waals surface area contributed by atoms with E-state index in [1.165, 1.54) is 6.07 Å².